The van der Waals surface area contributed by atoms with Crippen molar-refractivity contribution < 1.29 is 9.53 Å². The van der Waals surface area contributed by atoms with Crippen LogP contribution in [-0.2, 0) is 9.53 Å². The maximum atomic E-state index is 11.1. The molecule has 0 radical (unpaired) electrons. The summed E-state index contributed by atoms with van der Waals surface area (Å²) in [7, 11) is 0. The van der Waals surface area contributed by atoms with Gasteiger partial charge in [-0.1, -0.05) is 11.1 Å². The highest BCUT2D eigenvalue weighted by molar-refractivity contribution is 5.81. The predicted molar refractivity (Wildman–Crippen MR) is 41.0 cm³/mol. The van der Waals surface area contributed by atoms with Gasteiger partial charge in [-0.3, -0.25) is 4.79 Å². The van der Waals surface area contributed by atoms with Crippen molar-refractivity contribution in [3.63, 3.8) is 0 Å². The van der Waals surface area contributed by atoms with E-state index in [2.05, 4.69) is 0 Å². The highest BCUT2D eigenvalue weighted by atomic mass is 16.5. The molecule has 0 spiro atoms. The number of carbonyl (C=O) groups is 1. The highest BCUT2D eigenvalue weighted by Crippen LogP contribution is 2.48. The van der Waals surface area contributed by atoms with Gasteiger partial charge in [-0.15, -0.1) is 0 Å². The summed E-state index contributed by atoms with van der Waals surface area (Å²) in [5, 5.41) is 0. The number of carbonyl (C=O) groups excluding carboxylic acids is 1. The van der Waals surface area contributed by atoms with Crippen molar-refractivity contribution in [1.29, 1.82) is 0 Å². The summed E-state index contributed by atoms with van der Waals surface area (Å²) < 4.78 is 4.90. The van der Waals surface area contributed by atoms with Crippen LogP contribution in [0.2, 0.25) is 0 Å². The molecule has 0 bridgehead atoms. The Hall–Kier alpha value is -0.790. The molecule has 0 heterocycles. The van der Waals surface area contributed by atoms with Gasteiger partial charge in [0.2, 0.25) is 0 Å². The van der Waals surface area contributed by atoms with Gasteiger partial charge in [-0.05, 0) is 26.2 Å². The first-order valence-electron chi connectivity index (χ1n) is 4.20. The fraction of sp³-hybridized carbons (Fsp3) is 0.667. The first-order chi connectivity index (χ1) is 5.33. The van der Waals surface area contributed by atoms with E-state index in [9.17, 15) is 4.79 Å². The van der Waals surface area contributed by atoms with Crippen molar-refractivity contribution in [1.82, 2.24) is 0 Å². The monoisotopic (exact) mass is 152 g/mol. The van der Waals surface area contributed by atoms with Crippen LogP contribution >= 0.6 is 0 Å². The molecule has 0 saturated heterocycles. The van der Waals surface area contributed by atoms with Crippen LogP contribution < -0.4 is 0 Å². The summed E-state index contributed by atoms with van der Waals surface area (Å²) >= 11 is 0. The second kappa shape index (κ2) is 2.36. The van der Waals surface area contributed by atoms with Gasteiger partial charge in [0, 0.05) is 0 Å². The van der Waals surface area contributed by atoms with Crippen LogP contribution in [0.4, 0.5) is 0 Å². The fourth-order valence-corrected chi connectivity index (χ4v) is 1.40. The van der Waals surface area contributed by atoms with Crippen molar-refractivity contribution in [2.24, 2.45) is 5.92 Å². The van der Waals surface area contributed by atoms with Crippen molar-refractivity contribution in [3.8, 4) is 0 Å². The molecule has 2 aliphatic carbocycles. The Morgan fingerprint density at radius 2 is 2.36 bits per heavy atom. The van der Waals surface area contributed by atoms with Crippen molar-refractivity contribution in [3.05, 3.63) is 11.1 Å². The van der Waals surface area contributed by atoms with Gasteiger partial charge in [0.05, 0.1) is 12.5 Å². The Morgan fingerprint density at radius 3 is 2.91 bits per heavy atom. The minimum atomic E-state index is -0.0121. The van der Waals surface area contributed by atoms with E-state index in [4.69, 9.17) is 4.74 Å². The van der Waals surface area contributed by atoms with E-state index in [1.165, 1.54) is 24.0 Å². The summed E-state index contributed by atoms with van der Waals surface area (Å²) in [6, 6.07) is 0. The predicted octanol–water partition coefficient (Wildman–Crippen LogP) is 1.66. The number of hydrogen-bond acceptors (Lipinski definition) is 2. The maximum Gasteiger partial charge on any atom is 0.313 e. The van der Waals surface area contributed by atoms with Crippen LogP contribution in [0.5, 0.6) is 0 Å². The Balaban J connectivity index is 1.90. The molecule has 0 amide bonds. The van der Waals surface area contributed by atoms with E-state index in [1.807, 2.05) is 6.92 Å². The standard InChI is InChI=1S/C9H12O2/c1-2-11-9(10)8-5-7(8)6-3-4-6/h8H,2-5H2,1H3. The Labute approximate surface area is 66.2 Å². The third-order valence-electron chi connectivity index (χ3n) is 2.21. The zero-order valence-electron chi connectivity index (χ0n) is 6.72. The molecule has 2 aliphatic rings. The van der Waals surface area contributed by atoms with E-state index in [-0.39, 0.29) is 11.9 Å². The molecule has 2 fully saturated rings. The minimum absolute atomic E-state index is 0.0121. The van der Waals surface area contributed by atoms with E-state index < -0.39 is 0 Å². The first kappa shape index (κ1) is 6.89. The summed E-state index contributed by atoms with van der Waals surface area (Å²) in [5.41, 5.74) is 2.89. The minimum Gasteiger partial charge on any atom is -0.466 e. The van der Waals surface area contributed by atoms with Gasteiger partial charge < -0.3 is 4.74 Å². The molecule has 0 aromatic heterocycles. The molecule has 11 heavy (non-hydrogen) atoms. The molecule has 0 aliphatic heterocycles. The van der Waals surface area contributed by atoms with Crippen LogP contribution in [0.25, 0.3) is 0 Å². The lowest BCUT2D eigenvalue weighted by atomic mass is 10.4. The normalized spacial score (nSPS) is 26.8. The first-order valence-corrected chi connectivity index (χ1v) is 4.20. The van der Waals surface area contributed by atoms with Gasteiger partial charge in [-0.2, -0.15) is 0 Å². The lowest BCUT2D eigenvalue weighted by Gasteiger charge is -1.96. The molecular formula is C9H12O2. The molecule has 0 aromatic carbocycles. The molecule has 0 N–H and O–H groups in total. The van der Waals surface area contributed by atoms with Crippen molar-refractivity contribution in [2.45, 2.75) is 26.2 Å². The number of allylic oxidation sites excluding steroid dienone is 1. The average Bonchev–Trinajstić information content (AvgIpc) is 2.83. The SMILES string of the molecule is CCOC(=O)C1CC1=C1CC1. The smallest absolute Gasteiger partial charge is 0.313 e. The van der Waals surface area contributed by atoms with E-state index >= 15 is 0 Å². The molecule has 0 aromatic rings. The molecule has 60 valence electrons. The number of ether oxygens (including phenoxy) is 1. The van der Waals surface area contributed by atoms with Gasteiger partial charge in [0.25, 0.3) is 0 Å². The van der Waals surface area contributed by atoms with Gasteiger partial charge in [0.1, 0.15) is 0 Å². The van der Waals surface area contributed by atoms with Crippen LogP contribution in [-0.4, -0.2) is 12.6 Å². The molecule has 1 unspecified atom stereocenters. The van der Waals surface area contributed by atoms with Gasteiger partial charge in [0.15, 0.2) is 0 Å². The molecular weight excluding hydrogens is 140 g/mol. The maximum absolute atomic E-state index is 11.1. The second-order valence-corrected chi connectivity index (χ2v) is 3.14. The number of esters is 1. The fourth-order valence-electron chi connectivity index (χ4n) is 1.40. The quantitative estimate of drug-likeness (QED) is 0.444. The zero-order valence-corrected chi connectivity index (χ0v) is 6.72. The molecule has 2 nitrogen and oxygen atoms in total. The molecule has 1 atom stereocenters. The Kier molecular flexibility index (Phi) is 1.48. The average molecular weight is 152 g/mol. The lowest BCUT2D eigenvalue weighted by molar-refractivity contribution is -0.144. The van der Waals surface area contributed by atoms with Crippen molar-refractivity contribution in [2.75, 3.05) is 6.61 Å². The van der Waals surface area contributed by atoms with Crippen molar-refractivity contribution >= 4 is 5.97 Å². The second-order valence-electron chi connectivity index (χ2n) is 3.14. The summed E-state index contributed by atoms with van der Waals surface area (Å²) in [5.74, 6) is 0.148. The summed E-state index contributed by atoms with van der Waals surface area (Å²) in [6.07, 6.45) is 3.44. The highest BCUT2D eigenvalue weighted by Gasteiger charge is 2.42. The third kappa shape index (κ3) is 1.30. The van der Waals surface area contributed by atoms with E-state index in [0.717, 1.165) is 6.42 Å². The molecule has 2 saturated carbocycles. The molecule has 2 rings (SSSR count). The van der Waals surface area contributed by atoms with Crippen LogP contribution in [0.15, 0.2) is 11.1 Å². The lowest BCUT2D eigenvalue weighted by Crippen LogP contribution is -2.05. The third-order valence-corrected chi connectivity index (χ3v) is 2.21. The number of hydrogen-bond donors (Lipinski definition) is 0. The summed E-state index contributed by atoms with van der Waals surface area (Å²) in [6.45, 7) is 2.36. The van der Waals surface area contributed by atoms with Gasteiger partial charge in [-0.25, -0.2) is 0 Å². The van der Waals surface area contributed by atoms with Crippen LogP contribution in [0, 0.1) is 5.92 Å². The van der Waals surface area contributed by atoms with E-state index in [0.29, 0.717) is 6.61 Å². The Bertz CT molecular complexity index is 222. The topological polar surface area (TPSA) is 26.3 Å². The number of rotatable bonds is 2. The van der Waals surface area contributed by atoms with Crippen LogP contribution in [0.1, 0.15) is 26.2 Å². The van der Waals surface area contributed by atoms with Crippen LogP contribution in [0.3, 0.4) is 0 Å². The molecule has 2 heteroatoms. The zero-order chi connectivity index (χ0) is 7.84. The largest absolute Gasteiger partial charge is 0.466 e. The van der Waals surface area contributed by atoms with Gasteiger partial charge >= 0.3 is 5.97 Å². The summed E-state index contributed by atoms with van der Waals surface area (Å²) in [4.78, 5) is 11.1. The Morgan fingerprint density at radius 1 is 1.64 bits per heavy atom. The van der Waals surface area contributed by atoms with E-state index in [1.54, 1.807) is 0 Å².